The number of carbonyl (C=O) groups excluding carboxylic acids is 2. The van der Waals surface area contributed by atoms with Crippen LogP contribution in [0.1, 0.15) is 60.3 Å². The lowest BCUT2D eigenvalue weighted by Gasteiger charge is -2.31. The van der Waals surface area contributed by atoms with Crippen molar-refractivity contribution in [1.29, 1.82) is 0 Å². The van der Waals surface area contributed by atoms with Gasteiger partial charge in [-0.05, 0) is 54.4 Å². The van der Waals surface area contributed by atoms with Crippen molar-refractivity contribution in [2.75, 3.05) is 13.1 Å². The SMILES string of the molecule is CC(CC(=O)N[C@@H](C(=O)N1C[C@H](C2C=CC(Cl)=CC2)C(C)(C)C1)C(C)C)C1=CC=CCC1. The van der Waals surface area contributed by atoms with Gasteiger partial charge in [-0.15, -0.1) is 0 Å². The molecule has 0 aromatic heterocycles. The lowest BCUT2D eigenvalue weighted by molar-refractivity contribution is -0.137. The molecule has 4 atom stereocenters. The second-order valence-electron chi connectivity index (χ2n) is 10.8. The van der Waals surface area contributed by atoms with Crippen LogP contribution < -0.4 is 5.32 Å². The number of nitrogens with one attached hydrogen (secondary N) is 1. The number of halogens is 1. The van der Waals surface area contributed by atoms with Crippen LogP contribution in [0.4, 0.5) is 0 Å². The topological polar surface area (TPSA) is 49.4 Å². The molecule has 176 valence electrons. The van der Waals surface area contributed by atoms with E-state index in [0.29, 0.717) is 24.8 Å². The van der Waals surface area contributed by atoms with Gasteiger partial charge in [-0.25, -0.2) is 0 Å². The van der Waals surface area contributed by atoms with Crippen LogP contribution in [-0.4, -0.2) is 35.8 Å². The van der Waals surface area contributed by atoms with Gasteiger partial charge in [0.25, 0.3) is 0 Å². The molecular weight excluding hydrogens is 420 g/mol. The summed E-state index contributed by atoms with van der Waals surface area (Å²) in [4.78, 5) is 28.3. The highest BCUT2D eigenvalue weighted by Gasteiger charge is 2.45. The van der Waals surface area contributed by atoms with Crippen LogP contribution in [0, 0.1) is 29.1 Å². The Morgan fingerprint density at radius 3 is 2.62 bits per heavy atom. The lowest BCUT2D eigenvalue weighted by Crippen LogP contribution is -2.51. The normalized spacial score (nSPS) is 26.5. The number of nitrogens with zero attached hydrogens (tertiary/aromatic N) is 1. The number of carbonyl (C=O) groups is 2. The predicted molar refractivity (Wildman–Crippen MR) is 132 cm³/mol. The van der Waals surface area contributed by atoms with E-state index in [1.807, 2.05) is 24.8 Å². The van der Waals surface area contributed by atoms with E-state index in [4.69, 9.17) is 11.6 Å². The van der Waals surface area contributed by atoms with Crippen LogP contribution in [0.2, 0.25) is 0 Å². The summed E-state index contributed by atoms with van der Waals surface area (Å²) in [6.07, 6.45) is 16.0. The Kier molecular flexibility index (Phi) is 8.08. The van der Waals surface area contributed by atoms with Crippen LogP contribution >= 0.6 is 11.6 Å². The van der Waals surface area contributed by atoms with E-state index in [-0.39, 0.29) is 29.1 Å². The molecule has 3 rings (SSSR count). The molecule has 0 radical (unpaired) electrons. The van der Waals surface area contributed by atoms with E-state index in [0.717, 1.165) is 30.8 Å². The van der Waals surface area contributed by atoms with Gasteiger partial charge in [0.05, 0.1) is 0 Å². The number of likely N-dealkylation sites (tertiary alicyclic amines) is 1. The maximum Gasteiger partial charge on any atom is 0.245 e. The van der Waals surface area contributed by atoms with Gasteiger partial charge in [0.1, 0.15) is 6.04 Å². The zero-order chi connectivity index (χ0) is 23.5. The molecule has 2 amide bonds. The van der Waals surface area contributed by atoms with Crippen molar-refractivity contribution < 1.29 is 9.59 Å². The van der Waals surface area contributed by atoms with Gasteiger partial charge in [-0.1, -0.05) is 82.2 Å². The zero-order valence-corrected chi connectivity index (χ0v) is 21.0. The first kappa shape index (κ1) is 24.8. The minimum Gasteiger partial charge on any atom is -0.344 e. The fourth-order valence-corrected chi connectivity index (χ4v) is 5.50. The van der Waals surface area contributed by atoms with Gasteiger partial charge in [0, 0.05) is 24.5 Å². The molecule has 0 aromatic carbocycles. The molecule has 4 nitrogen and oxygen atoms in total. The van der Waals surface area contributed by atoms with Crippen LogP contribution in [0.3, 0.4) is 0 Å². The van der Waals surface area contributed by atoms with E-state index >= 15 is 0 Å². The third-order valence-corrected chi connectivity index (χ3v) is 7.64. The van der Waals surface area contributed by atoms with Gasteiger partial charge in [0.2, 0.25) is 11.8 Å². The maximum absolute atomic E-state index is 13.5. The molecule has 1 fully saturated rings. The molecule has 1 heterocycles. The van der Waals surface area contributed by atoms with Crippen molar-refractivity contribution >= 4 is 23.4 Å². The highest BCUT2D eigenvalue weighted by atomic mass is 35.5. The predicted octanol–water partition coefficient (Wildman–Crippen LogP) is 5.61. The van der Waals surface area contributed by atoms with Gasteiger partial charge >= 0.3 is 0 Å². The minimum atomic E-state index is -0.485. The molecule has 32 heavy (non-hydrogen) atoms. The zero-order valence-electron chi connectivity index (χ0n) is 20.2. The summed E-state index contributed by atoms with van der Waals surface area (Å²) in [5, 5.41) is 3.87. The second-order valence-corrected chi connectivity index (χ2v) is 11.2. The van der Waals surface area contributed by atoms with Gasteiger partial charge in [-0.2, -0.15) is 0 Å². The monoisotopic (exact) mass is 458 g/mol. The van der Waals surface area contributed by atoms with Gasteiger partial charge in [0.15, 0.2) is 0 Å². The fraction of sp³-hybridized carbons (Fsp3) is 0.630. The molecule has 0 saturated carbocycles. The molecule has 1 saturated heterocycles. The molecule has 0 bridgehead atoms. The molecule has 3 aliphatic rings. The average Bonchev–Trinajstić information content (AvgIpc) is 3.07. The quantitative estimate of drug-likeness (QED) is 0.538. The Hall–Kier alpha value is -1.81. The van der Waals surface area contributed by atoms with Crippen molar-refractivity contribution in [1.82, 2.24) is 10.2 Å². The molecule has 1 aliphatic heterocycles. The Labute approximate surface area is 198 Å². The largest absolute Gasteiger partial charge is 0.344 e. The maximum atomic E-state index is 13.5. The van der Waals surface area contributed by atoms with E-state index in [1.165, 1.54) is 5.57 Å². The van der Waals surface area contributed by atoms with E-state index in [9.17, 15) is 9.59 Å². The molecule has 1 N–H and O–H groups in total. The number of hydrogen-bond donors (Lipinski definition) is 1. The molecule has 0 aromatic rings. The van der Waals surface area contributed by atoms with Crippen LogP contribution in [0.5, 0.6) is 0 Å². The van der Waals surface area contributed by atoms with Crippen molar-refractivity contribution in [3.05, 3.63) is 47.1 Å². The lowest BCUT2D eigenvalue weighted by atomic mass is 9.72. The summed E-state index contributed by atoms with van der Waals surface area (Å²) in [6, 6.07) is -0.485. The third-order valence-electron chi connectivity index (χ3n) is 7.36. The first-order valence-corrected chi connectivity index (χ1v) is 12.4. The van der Waals surface area contributed by atoms with E-state index in [2.05, 4.69) is 56.5 Å². The van der Waals surface area contributed by atoms with Gasteiger partial charge < -0.3 is 10.2 Å². The Morgan fingerprint density at radius 2 is 2.03 bits per heavy atom. The van der Waals surface area contributed by atoms with Crippen molar-refractivity contribution in [3.8, 4) is 0 Å². The number of amides is 2. The average molecular weight is 459 g/mol. The van der Waals surface area contributed by atoms with Crippen molar-refractivity contribution in [2.45, 2.75) is 66.3 Å². The van der Waals surface area contributed by atoms with Crippen LogP contribution in [-0.2, 0) is 9.59 Å². The van der Waals surface area contributed by atoms with E-state index in [1.54, 1.807) is 0 Å². The second kappa shape index (κ2) is 10.4. The smallest absolute Gasteiger partial charge is 0.245 e. The number of hydrogen-bond acceptors (Lipinski definition) is 2. The minimum absolute atomic E-state index is 0.0172. The summed E-state index contributed by atoms with van der Waals surface area (Å²) < 4.78 is 0. The summed E-state index contributed by atoms with van der Waals surface area (Å²) >= 11 is 6.11. The Balaban J connectivity index is 1.63. The fourth-order valence-electron chi connectivity index (χ4n) is 5.33. The summed E-state index contributed by atoms with van der Waals surface area (Å²) in [7, 11) is 0. The molecule has 2 unspecified atom stereocenters. The highest BCUT2D eigenvalue weighted by molar-refractivity contribution is 6.31. The summed E-state index contributed by atoms with van der Waals surface area (Å²) in [5.41, 5.74) is 1.33. The summed E-state index contributed by atoms with van der Waals surface area (Å²) in [6.45, 7) is 12.0. The van der Waals surface area contributed by atoms with E-state index < -0.39 is 6.04 Å². The third kappa shape index (κ3) is 5.95. The van der Waals surface area contributed by atoms with Crippen LogP contribution in [0.25, 0.3) is 0 Å². The summed E-state index contributed by atoms with van der Waals surface area (Å²) in [5.74, 6) is 0.998. The first-order chi connectivity index (χ1) is 15.1. The first-order valence-electron chi connectivity index (χ1n) is 12.1. The van der Waals surface area contributed by atoms with Crippen molar-refractivity contribution in [3.63, 3.8) is 0 Å². The number of allylic oxidation sites excluding steroid dienone is 8. The number of rotatable bonds is 7. The van der Waals surface area contributed by atoms with Gasteiger partial charge in [-0.3, -0.25) is 9.59 Å². The molecular formula is C27H39ClN2O2. The standard InChI is InChI=1S/C27H39ClN2O2/c1-18(2)25(29-24(31)15-19(3)20-9-7-6-8-10-20)26(32)30-16-23(27(4,5)17-30)21-11-13-22(28)14-12-21/h6-7,9,11,13-14,18-19,21,23,25H,8,10,12,15-17H2,1-5H3,(H,29,31)/t19?,21?,23-,25-/m1/s1. The Morgan fingerprint density at radius 1 is 1.28 bits per heavy atom. The highest BCUT2D eigenvalue weighted by Crippen LogP contribution is 2.43. The van der Waals surface area contributed by atoms with Crippen LogP contribution in [0.15, 0.2) is 47.1 Å². The Bertz CT molecular complexity index is 837. The molecule has 2 aliphatic carbocycles. The molecule has 0 spiro atoms. The molecule has 5 heteroatoms. The van der Waals surface area contributed by atoms with Crippen molar-refractivity contribution in [2.24, 2.45) is 29.1 Å².